The van der Waals surface area contributed by atoms with Gasteiger partial charge in [0, 0.05) is 38.8 Å². The third-order valence-electron chi connectivity index (χ3n) is 4.84. The Kier molecular flexibility index (Phi) is 6.46. The molecule has 1 N–H and O–H groups in total. The molecular formula is C19H27N3O4. The molecule has 0 unspecified atom stereocenters. The van der Waals surface area contributed by atoms with Gasteiger partial charge in [-0.05, 0) is 38.3 Å². The molecular weight excluding hydrogens is 334 g/mol. The van der Waals surface area contributed by atoms with Gasteiger partial charge in [0.25, 0.3) is 0 Å². The molecule has 26 heavy (non-hydrogen) atoms. The van der Waals surface area contributed by atoms with E-state index in [1.165, 1.54) is 0 Å². The van der Waals surface area contributed by atoms with E-state index in [0.717, 1.165) is 37.9 Å². The first-order valence-corrected chi connectivity index (χ1v) is 9.35. The number of nitrogens with one attached hydrogen (secondary N) is 1. The lowest BCUT2D eigenvalue weighted by Gasteiger charge is -2.31. The average Bonchev–Trinajstić information content (AvgIpc) is 2.97. The smallest absolute Gasteiger partial charge is 0.408 e. The van der Waals surface area contributed by atoms with Crippen LogP contribution < -0.4 is 11.1 Å². The summed E-state index contributed by atoms with van der Waals surface area (Å²) in [5, 5.41) is 3.00. The molecule has 2 heterocycles. The van der Waals surface area contributed by atoms with Gasteiger partial charge in [-0.25, -0.2) is 4.79 Å². The molecule has 0 aliphatic carbocycles. The van der Waals surface area contributed by atoms with Crippen molar-refractivity contribution in [1.82, 2.24) is 14.8 Å². The zero-order valence-electron chi connectivity index (χ0n) is 15.3. The quantitative estimate of drug-likeness (QED) is 0.726. The molecule has 0 bridgehead atoms. The Morgan fingerprint density at radius 2 is 2.08 bits per heavy atom. The van der Waals surface area contributed by atoms with Gasteiger partial charge in [-0.15, -0.1) is 0 Å². The second-order valence-electron chi connectivity index (χ2n) is 6.64. The number of carbonyl (C=O) groups is 1. The monoisotopic (exact) mass is 361 g/mol. The van der Waals surface area contributed by atoms with E-state index in [-0.39, 0.29) is 17.6 Å². The molecule has 1 aliphatic heterocycles. The predicted molar refractivity (Wildman–Crippen MR) is 98.9 cm³/mol. The standard InChI is InChI=1S/C19H27N3O4/c1-2-25-13-5-10-20-18(23)15-8-11-21(12-9-15)14-22-16-6-3-4-7-17(16)26-19(22)24/h3-4,6-7,15H,2,5,8-14H2,1H3,(H,20,23). The van der Waals surface area contributed by atoms with Crippen LogP contribution in [0.25, 0.3) is 11.1 Å². The maximum absolute atomic E-state index is 12.2. The highest BCUT2D eigenvalue weighted by Crippen LogP contribution is 2.19. The lowest BCUT2D eigenvalue weighted by molar-refractivity contribution is -0.126. The Balaban J connectivity index is 1.47. The van der Waals surface area contributed by atoms with Gasteiger partial charge in [0.1, 0.15) is 0 Å². The first-order valence-electron chi connectivity index (χ1n) is 9.35. The van der Waals surface area contributed by atoms with Gasteiger partial charge in [0.15, 0.2) is 5.58 Å². The molecule has 2 aromatic rings. The van der Waals surface area contributed by atoms with E-state index in [1.807, 2.05) is 25.1 Å². The number of likely N-dealkylation sites (tertiary alicyclic amines) is 1. The van der Waals surface area contributed by atoms with Crippen molar-refractivity contribution < 1.29 is 13.9 Å². The summed E-state index contributed by atoms with van der Waals surface area (Å²) >= 11 is 0. The molecule has 1 amide bonds. The second kappa shape index (κ2) is 9.00. The number of ether oxygens (including phenoxy) is 1. The Labute approximate surface area is 152 Å². The van der Waals surface area contributed by atoms with Gasteiger partial charge in [-0.2, -0.15) is 0 Å². The summed E-state index contributed by atoms with van der Waals surface area (Å²) in [5.74, 6) is -0.149. The van der Waals surface area contributed by atoms with Crippen LogP contribution in [0.2, 0.25) is 0 Å². The van der Waals surface area contributed by atoms with Crippen molar-refractivity contribution >= 4 is 17.0 Å². The molecule has 0 spiro atoms. The third-order valence-corrected chi connectivity index (χ3v) is 4.84. The molecule has 3 rings (SSSR count). The number of oxazole rings is 1. The normalized spacial score (nSPS) is 16.2. The maximum Gasteiger partial charge on any atom is 0.421 e. The molecule has 1 aromatic heterocycles. The van der Waals surface area contributed by atoms with Crippen molar-refractivity contribution in [2.24, 2.45) is 5.92 Å². The molecule has 142 valence electrons. The minimum atomic E-state index is -0.333. The number of hydrogen-bond acceptors (Lipinski definition) is 5. The summed E-state index contributed by atoms with van der Waals surface area (Å²) < 4.78 is 12.2. The number of benzene rings is 1. The van der Waals surface area contributed by atoms with Gasteiger partial charge >= 0.3 is 5.76 Å². The highest BCUT2D eigenvalue weighted by Gasteiger charge is 2.25. The van der Waals surface area contributed by atoms with Crippen LogP contribution in [0.4, 0.5) is 0 Å². The molecule has 1 aliphatic rings. The van der Waals surface area contributed by atoms with Crippen molar-refractivity contribution in [2.75, 3.05) is 32.8 Å². The molecule has 0 saturated carbocycles. The number of hydrogen-bond donors (Lipinski definition) is 1. The fourth-order valence-corrected chi connectivity index (χ4v) is 3.36. The largest absolute Gasteiger partial charge is 0.421 e. The van der Waals surface area contributed by atoms with Gasteiger partial charge in [-0.1, -0.05) is 12.1 Å². The summed E-state index contributed by atoms with van der Waals surface area (Å²) in [4.78, 5) is 26.5. The molecule has 7 nitrogen and oxygen atoms in total. The molecule has 7 heteroatoms. The summed E-state index contributed by atoms with van der Waals surface area (Å²) in [6.45, 7) is 6.11. The van der Waals surface area contributed by atoms with Crippen LogP contribution in [0.5, 0.6) is 0 Å². The average molecular weight is 361 g/mol. The van der Waals surface area contributed by atoms with Crippen molar-refractivity contribution in [3.8, 4) is 0 Å². The molecule has 0 radical (unpaired) electrons. The molecule has 1 saturated heterocycles. The van der Waals surface area contributed by atoms with Gasteiger partial charge < -0.3 is 14.5 Å². The fourth-order valence-electron chi connectivity index (χ4n) is 3.36. The number of fused-ring (bicyclic) bond motifs is 1. The Morgan fingerprint density at radius 3 is 2.85 bits per heavy atom. The summed E-state index contributed by atoms with van der Waals surface area (Å²) in [6.07, 6.45) is 2.46. The van der Waals surface area contributed by atoms with E-state index in [0.29, 0.717) is 32.0 Å². The van der Waals surface area contributed by atoms with Crippen LogP contribution >= 0.6 is 0 Å². The highest BCUT2D eigenvalue weighted by atomic mass is 16.5. The van der Waals surface area contributed by atoms with E-state index < -0.39 is 0 Å². The van der Waals surface area contributed by atoms with E-state index in [4.69, 9.17) is 9.15 Å². The lowest BCUT2D eigenvalue weighted by atomic mass is 9.96. The van der Waals surface area contributed by atoms with E-state index in [1.54, 1.807) is 10.6 Å². The number of piperidine rings is 1. The van der Waals surface area contributed by atoms with E-state index in [2.05, 4.69) is 10.2 Å². The van der Waals surface area contributed by atoms with Crippen molar-refractivity contribution in [1.29, 1.82) is 0 Å². The number of aromatic nitrogens is 1. The number of carbonyl (C=O) groups excluding carboxylic acids is 1. The Bertz CT molecular complexity index is 774. The summed E-state index contributed by atoms with van der Waals surface area (Å²) in [6, 6.07) is 7.45. The zero-order valence-corrected chi connectivity index (χ0v) is 15.3. The van der Waals surface area contributed by atoms with Gasteiger partial charge in [-0.3, -0.25) is 14.3 Å². The molecule has 0 atom stereocenters. The minimum Gasteiger partial charge on any atom is -0.408 e. The van der Waals surface area contributed by atoms with Gasteiger partial charge in [0.2, 0.25) is 5.91 Å². The van der Waals surface area contributed by atoms with Crippen molar-refractivity contribution in [2.45, 2.75) is 32.9 Å². The van der Waals surface area contributed by atoms with Crippen molar-refractivity contribution in [3.05, 3.63) is 34.8 Å². The number of rotatable bonds is 8. The topological polar surface area (TPSA) is 76.7 Å². The summed E-state index contributed by atoms with van der Waals surface area (Å²) in [5.41, 5.74) is 1.42. The van der Waals surface area contributed by atoms with Gasteiger partial charge in [0.05, 0.1) is 12.2 Å². The number of para-hydroxylation sites is 2. The lowest BCUT2D eigenvalue weighted by Crippen LogP contribution is -2.42. The van der Waals surface area contributed by atoms with E-state index in [9.17, 15) is 9.59 Å². The molecule has 1 fully saturated rings. The van der Waals surface area contributed by atoms with Crippen LogP contribution in [0.3, 0.4) is 0 Å². The van der Waals surface area contributed by atoms with Crippen LogP contribution in [0.1, 0.15) is 26.2 Å². The predicted octanol–water partition coefficient (Wildman–Crippen LogP) is 1.81. The first-order chi connectivity index (χ1) is 12.7. The first kappa shape index (κ1) is 18.7. The Morgan fingerprint density at radius 1 is 1.31 bits per heavy atom. The third kappa shape index (κ3) is 4.53. The number of nitrogens with zero attached hydrogens (tertiary/aromatic N) is 2. The van der Waals surface area contributed by atoms with Crippen LogP contribution in [0.15, 0.2) is 33.5 Å². The van der Waals surface area contributed by atoms with Crippen LogP contribution in [-0.4, -0.2) is 48.2 Å². The SMILES string of the molecule is CCOCCCNC(=O)C1CCN(Cn2c(=O)oc3ccccc32)CC1. The number of amides is 1. The van der Waals surface area contributed by atoms with Crippen molar-refractivity contribution in [3.63, 3.8) is 0 Å². The van der Waals surface area contributed by atoms with Crippen LogP contribution in [-0.2, 0) is 16.2 Å². The maximum atomic E-state index is 12.2. The summed E-state index contributed by atoms with van der Waals surface area (Å²) in [7, 11) is 0. The zero-order chi connectivity index (χ0) is 18.4. The fraction of sp³-hybridized carbons (Fsp3) is 0.579. The minimum absolute atomic E-state index is 0.0520. The molecule has 1 aromatic carbocycles. The van der Waals surface area contributed by atoms with Crippen LogP contribution in [0, 0.1) is 5.92 Å². The highest BCUT2D eigenvalue weighted by molar-refractivity contribution is 5.78. The second-order valence-corrected chi connectivity index (χ2v) is 6.64. The van der Waals surface area contributed by atoms with E-state index >= 15 is 0 Å². The Hall–Kier alpha value is -2.12.